The second-order valence-corrected chi connectivity index (χ2v) is 8.55. The highest BCUT2D eigenvalue weighted by atomic mass is 32.1. The molecular formula is C25H24FN5O3S. The van der Waals surface area contributed by atoms with E-state index in [2.05, 4.69) is 4.98 Å². The molecule has 5 rings (SSSR count). The van der Waals surface area contributed by atoms with Crippen molar-refractivity contribution in [3.05, 3.63) is 82.6 Å². The molecule has 2 aromatic heterocycles. The van der Waals surface area contributed by atoms with Crippen molar-refractivity contribution in [2.24, 2.45) is 0 Å². The van der Waals surface area contributed by atoms with Crippen LogP contribution >= 0.6 is 12.2 Å². The number of halogens is 1. The molecule has 1 aliphatic heterocycles. The van der Waals surface area contributed by atoms with E-state index in [4.69, 9.17) is 26.8 Å². The molecule has 0 saturated carbocycles. The summed E-state index contributed by atoms with van der Waals surface area (Å²) in [6.45, 7) is 1.22. The summed E-state index contributed by atoms with van der Waals surface area (Å²) in [5.41, 5.74) is 3.12. The first-order valence-corrected chi connectivity index (χ1v) is 11.4. The molecule has 2 aromatic carbocycles. The van der Waals surface area contributed by atoms with Gasteiger partial charge in [0, 0.05) is 42.2 Å². The number of ether oxygens (including phenoxy) is 2. The lowest BCUT2D eigenvalue weighted by Crippen LogP contribution is -2.36. The van der Waals surface area contributed by atoms with Crippen LogP contribution in [0.15, 0.2) is 60.9 Å². The molecule has 180 valence electrons. The van der Waals surface area contributed by atoms with Crippen molar-refractivity contribution in [3.63, 3.8) is 0 Å². The van der Waals surface area contributed by atoms with Gasteiger partial charge in [-0.2, -0.15) is 0 Å². The van der Waals surface area contributed by atoms with Crippen LogP contribution in [-0.2, 0) is 13.2 Å². The third-order valence-electron chi connectivity index (χ3n) is 6.06. The monoisotopic (exact) mass is 493 g/mol. The van der Waals surface area contributed by atoms with E-state index in [-0.39, 0.29) is 5.82 Å². The third-order valence-corrected chi connectivity index (χ3v) is 6.45. The average Bonchev–Trinajstić information content (AvgIpc) is 3.20. The van der Waals surface area contributed by atoms with Crippen molar-refractivity contribution in [3.8, 4) is 28.6 Å². The van der Waals surface area contributed by atoms with Gasteiger partial charge in [0.25, 0.3) is 0 Å². The molecule has 0 spiro atoms. The molecule has 1 aliphatic rings. The van der Waals surface area contributed by atoms with E-state index in [9.17, 15) is 9.50 Å². The Hall–Kier alpha value is -3.60. The molecule has 1 unspecified atom stereocenters. The summed E-state index contributed by atoms with van der Waals surface area (Å²) in [5, 5.41) is 15.8. The predicted molar refractivity (Wildman–Crippen MR) is 130 cm³/mol. The topological polar surface area (TPSA) is 77.6 Å². The average molecular weight is 494 g/mol. The van der Waals surface area contributed by atoms with Crippen LogP contribution in [0.1, 0.15) is 17.2 Å². The number of pyridine rings is 1. The van der Waals surface area contributed by atoms with Gasteiger partial charge >= 0.3 is 0 Å². The van der Waals surface area contributed by atoms with Crippen LogP contribution in [0, 0.1) is 10.6 Å². The van der Waals surface area contributed by atoms with E-state index in [0.717, 1.165) is 16.7 Å². The van der Waals surface area contributed by atoms with Crippen molar-refractivity contribution >= 4 is 12.2 Å². The molecular weight excluding hydrogens is 469 g/mol. The van der Waals surface area contributed by atoms with Gasteiger partial charge in [-0.05, 0) is 60.7 Å². The highest BCUT2D eigenvalue weighted by Crippen LogP contribution is 2.39. The van der Waals surface area contributed by atoms with Crippen LogP contribution in [-0.4, -0.2) is 50.1 Å². The summed E-state index contributed by atoms with van der Waals surface area (Å²) in [7, 11) is 3.19. The second kappa shape index (κ2) is 9.57. The van der Waals surface area contributed by atoms with Crippen molar-refractivity contribution < 1.29 is 19.0 Å². The summed E-state index contributed by atoms with van der Waals surface area (Å²) in [4.78, 5) is 6.13. The molecule has 1 atom stereocenters. The number of aliphatic hydroxyl groups excluding tert-OH is 1. The Morgan fingerprint density at radius 1 is 1.03 bits per heavy atom. The van der Waals surface area contributed by atoms with E-state index in [1.807, 2.05) is 27.7 Å². The molecule has 0 radical (unpaired) electrons. The van der Waals surface area contributed by atoms with Crippen LogP contribution in [0.5, 0.6) is 11.5 Å². The fraction of sp³-hybridized carbons (Fsp3) is 0.240. The quantitative estimate of drug-likeness (QED) is 0.405. The van der Waals surface area contributed by atoms with Crippen molar-refractivity contribution in [2.75, 3.05) is 20.8 Å². The summed E-state index contributed by atoms with van der Waals surface area (Å²) in [5.74, 6) is 1.59. The van der Waals surface area contributed by atoms with Gasteiger partial charge < -0.3 is 14.6 Å². The van der Waals surface area contributed by atoms with Crippen molar-refractivity contribution in [1.29, 1.82) is 0 Å². The van der Waals surface area contributed by atoms with E-state index in [1.165, 1.54) is 12.1 Å². The number of rotatable bonds is 6. The van der Waals surface area contributed by atoms with Crippen LogP contribution < -0.4 is 9.47 Å². The SMILES string of the molecule is COc1ccc(OC)c2c1CN(Cn1nc(-c3ccncc3)n(-c3ccc(F)cc3)c1=S)CC2O. The third kappa shape index (κ3) is 4.31. The molecule has 0 saturated heterocycles. The predicted octanol–water partition coefficient (Wildman–Crippen LogP) is 4.13. The van der Waals surface area contributed by atoms with E-state index < -0.39 is 6.10 Å². The molecule has 1 N–H and O–H groups in total. The Morgan fingerprint density at radius 3 is 2.40 bits per heavy atom. The van der Waals surface area contributed by atoms with Crippen molar-refractivity contribution in [2.45, 2.75) is 19.3 Å². The van der Waals surface area contributed by atoms with Gasteiger partial charge in [0.1, 0.15) is 17.3 Å². The maximum atomic E-state index is 13.6. The summed E-state index contributed by atoms with van der Waals surface area (Å²) in [6.07, 6.45) is 2.60. The van der Waals surface area contributed by atoms with Gasteiger partial charge in [-0.15, -0.1) is 5.10 Å². The highest BCUT2D eigenvalue weighted by molar-refractivity contribution is 7.71. The Labute approximate surface area is 206 Å². The minimum Gasteiger partial charge on any atom is -0.496 e. The lowest BCUT2D eigenvalue weighted by molar-refractivity contribution is 0.0670. The number of aromatic nitrogens is 4. The molecule has 0 aliphatic carbocycles. The highest BCUT2D eigenvalue weighted by Gasteiger charge is 2.30. The number of fused-ring (bicyclic) bond motifs is 1. The summed E-state index contributed by atoms with van der Waals surface area (Å²) >= 11 is 5.81. The van der Waals surface area contributed by atoms with Gasteiger partial charge in [0.15, 0.2) is 5.82 Å². The lowest BCUT2D eigenvalue weighted by atomic mass is 9.95. The lowest BCUT2D eigenvalue weighted by Gasteiger charge is -2.33. The Balaban J connectivity index is 1.55. The number of aliphatic hydroxyl groups is 1. The second-order valence-electron chi connectivity index (χ2n) is 8.18. The van der Waals surface area contributed by atoms with E-state index in [0.29, 0.717) is 47.5 Å². The summed E-state index contributed by atoms with van der Waals surface area (Å²) < 4.78 is 28.6. The van der Waals surface area contributed by atoms with Crippen LogP contribution in [0.4, 0.5) is 4.39 Å². The number of benzene rings is 2. The molecule has 35 heavy (non-hydrogen) atoms. The zero-order valence-corrected chi connectivity index (χ0v) is 20.1. The number of nitrogens with zero attached hydrogens (tertiary/aromatic N) is 5. The number of methoxy groups -OCH3 is 2. The van der Waals surface area contributed by atoms with Gasteiger partial charge in [-0.1, -0.05) is 0 Å². The Kier molecular flexibility index (Phi) is 6.33. The Morgan fingerprint density at radius 2 is 1.71 bits per heavy atom. The van der Waals surface area contributed by atoms with E-state index in [1.54, 1.807) is 49.5 Å². The van der Waals surface area contributed by atoms with E-state index >= 15 is 0 Å². The largest absolute Gasteiger partial charge is 0.496 e. The molecule has 8 nitrogen and oxygen atoms in total. The number of hydrogen-bond donors (Lipinski definition) is 1. The number of β-amino-alcohol motifs (C(OH)–C–C–N with tert-alkyl or cyclic N) is 1. The summed E-state index contributed by atoms with van der Waals surface area (Å²) in [6, 6.07) is 13.5. The van der Waals surface area contributed by atoms with Crippen molar-refractivity contribution in [1.82, 2.24) is 24.2 Å². The minimum absolute atomic E-state index is 0.330. The first kappa shape index (κ1) is 23.2. The smallest absolute Gasteiger partial charge is 0.204 e. The minimum atomic E-state index is -0.767. The normalized spacial score (nSPS) is 15.6. The van der Waals surface area contributed by atoms with Crippen LogP contribution in [0.25, 0.3) is 17.1 Å². The fourth-order valence-electron chi connectivity index (χ4n) is 4.45. The van der Waals surface area contributed by atoms with Gasteiger partial charge in [-0.25, -0.2) is 9.07 Å². The zero-order chi connectivity index (χ0) is 24.5. The molecule has 3 heterocycles. The molecule has 10 heteroatoms. The molecule has 0 fully saturated rings. The van der Waals surface area contributed by atoms with Crippen LogP contribution in [0.2, 0.25) is 0 Å². The maximum Gasteiger partial charge on any atom is 0.204 e. The first-order chi connectivity index (χ1) is 17.0. The van der Waals surface area contributed by atoms with Gasteiger partial charge in [0.2, 0.25) is 4.77 Å². The zero-order valence-electron chi connectivity index (χ0n) is 19.3. The maximum absolute atomic E-state index is 13.6. The first-order valence-electron chi connectivity index (χ1n) is 11.0. The Bertz CT molecular complexity index is 1410. The standard InChI is InChI=1S/C25H24FN5O3S/c1-33-21-7-8-22(34-2)23-19(21)13-29(14-20(23)32)15-30-25(35)31(18-5-3-17(26)4-6-18)24(28-30)16-9-11-27-12-10-16/h3-12,20,32H,13-15H2,1-2H3. The molecule has 0 bridgehead atoms. The fourth-order valence-corrected chi connectivity index (χ4v) is 4.74. The van der Waals surface area contributed by atoms with Crippen LogP contribution in [0.3, 0.4) is 0 Å². The van der Waals surface area contributed by atoms with Gasteiger partial charge in [-0.3, -0.25) is 14.5 Å². The molecule has 4 aromatic rings. The number of hydrogen-bond acceptors (Lipinski definition) is 7. The van der Waals surface area contributed by atoms with Gasteiger partial charge in [0.05, 0.1) is 32.7 Å². The molecule has 0 amide bonds.